The largest absolute Gasteiger partial charge is 0.303 e. The summed E-state index contributed by atoms with van der Waals surface area (Å²) in [5.74, 6) is -0.585. The Bertz CT molecular complexity index is 448. The smallest absolute Gasteiger partial charge is 0.273 e. The average molecular weight is 204 g/mol. The van der Waals surface area contributed by atoms with Gasteiger partial charge in [-0.05, 0) is 12.1 Å². The molecule has 0 aliphatic carbocycles. The monoisotopic (exact) mass is 204 g/mol. The van der Waals surface area contributed by atoms with Crippen LogP contribution in [-0.4, -0.2) is 11.2 Å². The van der Waals surface area contributed by atoms with E-state index < -0.39 is 10.8 Å². The summed E-state index contributed by atoms with van der Waals surface area (Å²) in [6.45, 7) is 1.55. The second kappa shape index (κ2) is 4.33. The zero-order chi connectivity index (χ0) is 11.4. The van der Waals surface area contributed by atoms with Crippen LogP contribution in [-0.2, 0) is 4.79 Å². The SMILES string of the molecule is CC(C=O)c1cc(C#N)ccc1[N+](=O)[O-]. The second-order valence-electron chi connectivity index (χ2n) is 3.07. The van der Waals surface area contributed by atoms with E-state index in [2.05, 4.69) is 0 Å². The Morgan fingerprint density at radius 1 is 1.60 bits per heavy atom. The van der Waals surface area contributed by atoms with Crippen LogP contribution in [0, 0.1) is 21.4 Å². The van der Waals surface area contributed by atoms with Crippen molar-refractivity contribution in [2.24, 2.45) is 0 Å². The molecule has 5 heteroatoms. The number of carbonyl (C=O) groups excluding carboxylic acids is 1. The Kier molecular flexibility index (Phi) is 3.13. The highest BCUT2D eigenvalue weighted by molar-refractivity contribution is 5.66. The molecule has 0 bridgehead atoms. The van der Waals surface area contributed by atoms with E-state index in [9.17, 15) is 14.9 Å². The van der Waals surface area contributed by atoms with Crippen LogP contribution in [0.5, 0.6) is 0 Å². The minimum absolute atomic E-state index is 0.131. The number of nitro benzene ring substituents is 1. The number of rotatable bonds is 3. The van der Waals surface area contributed by atoms with Crippen LogP contribution in [0.4, 0.5) is 5.69 Å². The van der Waals surface area contributed by atoms with E-state index in [1.54, 1.807) is 6.92 Å². The van der Waals surface area contributed by atoms with Gasteiger partial charge in [0.1, 0.15) is 6.29 Å². The van der Waals surface area contributed by atoms with Gasteiger partial charge in [-0.3, -0.25) is 10.1 Å². The molecule has 0 aromatic heterocycles. The fraction of sp³-hybridized carbons (Fsp3) is 0.200. The van der Waals surface area contributed by atoms with Crippen molar-refractivity contribution in [1.29, 1.82) is 5.26 Å². The first kappa shape index (κ1) is 10.9. The highest BCUT2D eigenvalue weighted by atomic mass is 16.6. The van der Waals surface area contributed by atoms with Crippen LogP contribution in [0.2, 0.25) is 0 Å². The third-order valence-electron chi connectivity index (χ3n) is 2.05. The number of nitrogens with zero attached hydrogens (tertiary/aromatic N) is 2. The van der Waals surface area contributed by atoms with Gasteiger partial charge in [-0.25, -0.2) is 0 Å². The van der Waals surface area contributed by atoms with Gasteiger partial charge in [0.2, 0.25) is 0 Å². The first-order chi connectivity index (χ1) is 7.10. The fourth-order valence-corrected chi connectivity index (χ4v) is 1.23. The van der Waals surface area contributed by atoms with E-state index in [1.807, 2.05) is 6.07 Å². The van der Waals surface area contributed by atoms with Crippen LogP contribution in [0.3, 0.4) is 0 Å². The lowest BCUT2D eigenvalue weighted by molar-refractivity contribution is -0.385. The van der Waals surface area contributed by atoms with E-state index in [1.165, 1.54) is 18.2 Å². The van der Waals surface area contributed by atoms with Crippen molar-refractivity contribution in [2.45, 2.75) is 12.8 Å². The summed E-state index contributed by atoms with van der Waals surface area (Å²) in [6.07, 6.45) is 0.615. The van der Waals surface area contributed by atoms with Crippen LogP contribution in [0.25, 0.3) is 0 Å². The molecule has 0 spiro atoms. The minimum atomic E-state index is -0.585. The van der Waals surface area contributed by atoms with Crippen LogP contribution >= 0.6 is 0 Å². The molecule has 1 unspecified atom stereocenters. The molecule has 0 heterocycles. The summed E-state index contributed by atoms with van der Waals surface area (Å²) in [5.41, 5.74) is 0.451. The molecule has 5 nitrogen and oxygen atoms in total. The van der Waals surface area contributed by atoms with Gasteiger partial charge in [-0.2, -0.15) is 5.26 Å². The van der Waals surface area contributed by atoms with Gasteiger partial charge < -0.3 is 4.79 Å². The maximum atomic E-state index is 10.6. The minimum Gasteiger partial charge on any atom is -0.303 e. The first-order valence-corrected chi connectivity index (χ1v) is 4.24. The molecule has 0 saturated carbocycles. The summed E-state index contributed by atoms with van der Waals surface area (Å²) in [7, 11) is 0. The molecule has 1 atom stereocenters. The molecule has 0 N–H and O–H groups in total. The molecule has 0 fully saturated rings. The van der Waals surface area contributed by atoms with Gasteiger partial charge in [-0.15, -0.1) is 0 Å². The van der Waals surface area contributed by atoms with Gasteiger partial charge in [-0.1, -0.05) is 6.92 Å². The van der Waals surface area contributed by atoms with Crippen molar-refractivity contribution in [1.82, 2.24) is 0 Å². The van der Waals surface area contributed by atoms with Gasteiger partial charge in [0.25, 0.3) is 5.69 Å². The van der Waals surface area contributed by atoms with Crippen LogP contribution < -0.4 is 0 Å². The van der Waals surface area contributed by atoms with E-state index in [0.717, 1.165) is 0 Å². The Morgan fingerprint density at radius 3 is 2.73 bits per heavy atom. The lowest BCUT2D eigenvalue weighted by Crippen LogP contribution is -2.01. The third-order valence-corrected chi connectivity index (χ3v) is 2.05. The number of nitro groups is 1. The zero-order valence-electron chi connectivity index (χ0n) is 8.01. The Balaban J connectivity index is 3.36. The van der Waals surface area contributed by atoms with Crippen LogP contribution in [0.15, 0.2) is 18.2 Å². The normalized spacial score (nSPS) is 11.5. The quantitative estimate of drug-likeness (QED) is 0.426. The van der Waals surface area contributed by atoms with Gasteiger partial charge >= 0.3 is 0 Å². The zero-order valence-corrected chi connectivity index (χ0v) is 8.01. The fourth-order valence-electron chi connectivity index (χ4n) is 1.23. The Hall–Kier alpha value is -2.22. The van der Waals surface area contributed by atoms with Crippen molar-refractivity contribution in [3.05, 3.63) is 39.4 Å². The molecule has 0 aliphatic heterocycles. The predicted octanol–water partition coefficient (Wildman–Crippen LogP) is 1.77. The van der Waals surface area contributed by atoms with Crippen molar-refractivity contribution in [3.8, 4) is 6.07 Å². The van der Waals surface area contributed by atoms with Gasteiger partial charge in [0.15, 0.2) is 0 Å². The lowest BCUT2D eigenvalue weighted by atomic mass is 9.98. The Labute approximate surface area is 86.1 Å². The van der Waals surface area contributed by atoms with Crippen molar-refractivity contribution < 1.29 is 9.72 Å². The van der Waals surface area contributed by atoms with Crippen LogP contribution in [0.1, 0.15) is 24.0 Å². The highest BCUT2D eigenvalue weighted by Gasteiger charge is 2.18. The second-order valence-corrected chi connectivity index (χ2v) is 3.07. The maximum absolute atomic E-state index is 10.6. The molecular formula is C10H8N2O3. The van der Waals surface area contributed by atoms with Crippen molar-refractivity contribution in [3.63, 3.8) is 0 Å². The Morgan fingerprint density at radius 2 is 2.27 bits per heavy atom. The van der Waals surface area contributed by atoms with Crippen molar-refractivity contribution in [2.75, 3.05) is 0 Å². The number of aldehydes is 1. The third kappa shape index (κ3) is 2.17. The number of hydrogen-bond donors (Lipinski definition) is 0. The summed E-state index contributed by atoms with van der Waals surface area (Å²) in [6, 6.07) is 5.85. The molecule has 76 valence electrons. The van der Waals surface area contributed by atoms with E-state index >= 15 is 0 Å². The topological polar surface area (TPSA) is 84.0 Å². The molecule has 1 aromatic rings. The lowest BCUT2D eigenvalue weighted by Gasteiger charge is -2.05. The first-order valence-electron chi connectivity index (χ1n) is 4.24. The van der Waals surface area contributed by atoms with Gasteiger partial charge in [0, 0.05) is 17.5 Å². The molecule has 15 heavy (non-hydrogen) atoms. The number of carbonyl (C=O) groups is 1. The maximum Gasteiger partial charge on any atom is 0.273 e. The summed E-state index contributed by atoms with van der Waals surface area (Å²) >= 11 is 0. The van der Waals surface area contributed by atoms with E-state index in [4.69, 9.17) is 5.26 Å². The summed E-state index contributed by atoms with van der Waals surface area (Å²) in [4.78, 5) is 20.7. The van der Waals surface area contributed by atoms with E-state index in [0.29, 0.717) is 11.8 Å². The summed E-state index contributed by atoms with van der Waals surface area (Å²) in [5, 5.41) is 19.3. The van der Waals surface area contributed by atoms with Gasteiger partial charge in [0.05, 0.1) is 16.6 Å². The molecule has 1 aromatic carbocycles. The highest BCUT2D eigenvalue weighted by Crippen LogP contribution is 2.26. The molecule has 0 saturated heterocycles. The molecule has 0 aliphatic rings. The number of nitriles is 1. The molecule has 0 amide bonds. The standard InChI is InChI=1S/C10H8N2O3/c1-7(6-13)9-4-8(5-11)2-3-10(9)12(14)15/h2-4,6-7H,1H3. The number of benzene rings is 1. The molecular weight excluding hydrogens is 196 g/mol. The molecule has 0 radical (unpaired) electrons. The summed E-state index contributed by atoms with van der Waals surface area (Å²) < 4.78 is 0. The van der Waals surface area contributed by atoms with E-state index in [-0.39, 0.29) is 11.3 Å². The van der Waals surface area contributed by atoms with Crippen molar-refractivity contribution >= 4 is 12.0 Å². The number of hydrogen-bond acceptors (Lipinski definition) is 4. The average Bonchev–Trinajstić information content (AvgIpc) is 2.26. The predicted molar refractivity (Wildman–Crippen MR) is 52.3 cm³/mol. The molecule has 1 rings (SSSR count).